The molecule has 1 N–H and O–H groups in total. The second kappa shape index (κ2) is 11.6. The number of nitrogens with zero attached hydrogens (tertiary/aromatic N) is 2. The molecule has 0 bridgehead atoms. The number of hydrogen-bond acceptors (Lipinski definition) is 4. The van der Waals surface area contributed by atoms with Crippen molar-refractivity contribution in [2.75, 3.05) is 18.4 Å². The van der Waals surface area contributed by atoms with Crippen LogP contribution in [0.2, 0.25) is 0 Å². The Labute approximate surface area is 227 Å². The van der Waals surface area contributed by atoms with Gasteiger partial charge in [0.25, 0.3) is 11.5 Å². The van der Waals surface area contributed by atoms with E-state index in [4.69, 9.17) is 4.84 Å². The van der Waals surface area contributed by atoms with E-state index >= 15 is 0 Å². The van der Waals surface area contributed by atoms with Crippen molar-refractivity contribution in [3.05, 3.63) is 129 Å². The number of aryl methyl sites for hydroxylation is 1. The fourth-order valence-corrected chi connectivity index (χ4v) is 5.02. The van der Waals surface area contributed by atoms with E-state index in [1.54, 1.807) is 6.92 Å². The van der Waals surface area contributed by atoms with E-state index < -0.39 is 0 Å². The zero-order valence-corrected chi connectivity index (χ0v) is 22.2. The largest absolute Gasteiger partial charge is 0.406 e. The van der Waals surface area contributed by atoms with Crippen LogP contribution in [0.1, 0.15) is 51.4 Å². The third-order valence-electron chi connectivity index (χ3n) is 7.38. The summed E-state index contributed by atoms with van der Waals surface area (Å²) in [4.78, 5) is 34.9. The molecule has 2 heterocycles. The molecule has 1 saturated heterocycles. The Morgan fingerprint density at radius 1 is 0.949 bits per heavy atom. The topological polar surface area (TPSA) is 63.6 Å². The number of rotatable bonds is 7. The number of likely N-dealkylation sites (tertiary alicyclic amines) is 1. The zero-order chi connectivity index (χ0) is 27.4. The van der Waals surface area contributed by atoms with Crippen LogP contribution in [-0.2, 0) is 6.61 Å². The van der Waals surface area contributed by atoms with Gasteiger partial charge in [0.1, 0.15) is 12.4 Å². The standard InChI is InChI=1S/C32H32FN3O3/c1-22-8-6-7-11-29(22)34-30-23(2)31(37)36(39-21-24-9-4-3-5-10-24)20-28(30)32(38)35-18-16-26(17-19-35)25-12-14-27(33)15-13-25/h3-15,20,26,34H,16-19,21H2,1-2H3. The van der Waals surface area contributed by atoms with E-state index in [9.17, 15) is 14.0 Å². The van der Waals surface area contributed by atoms with E-state index in [0.717, 1.165) is 35.2 Å². The van der Waals surface area contributed by atoms with Gasteiger partial charge in [-0.3, -0.25) is 9.59 Å². The van der Waals surface area contributed by atoms with Gasteiger partial charge >= 0.3 is 0 Å². The smallest absolute Gasteiger partial charge is 0.288 e. The number of halogens is 1. The summed E-state index contributed by atoms with van der Waals surface area (Å²) in [6, 6.07) is 24.0. The highest BCUT2D eigenvalue weighted by atomic mass is 19.1. The van der Waals surface area contributed by atoms with Gasteiger partial charge in [-0.2, -0.15) is 4.73 Å². The number of amides is 1. The summed E-state index contributed by atoms with van der Waals surface area (Å²) in [6.07, 6.45) is 3.06. The molecule has 200 valence electrons. The minimum Gasteiger partial charge on any atom is -0.406 e. The van der Waals surface area contributed by atoms with Gasteiger partial charge in [-0.05, 0) is 67.5 Å². The molecule has 0 spiro atoms. The lowest BCUT2D eigenvalue weighted by Crippen LogP contribution is -2.39. The number of carbonyl (C=O) groups is 1. The Morgan fingerprint density at radius 2 is 1.62 bits per heavy atom. The van der Waals surface area contributed by atoms with Crippen molar-refractivity contribution < 1.29 is 14.0 Å². The van der Waals surface area contributed by atoms with Gasteiger partial charge < -0.3 is 15.1 Å². The number of anilines is 2. The molecule has 0 atom stereocenters. The lowest BCUT2D eigenvalue weighted by atomic mass is 9.89. The Hall–Kier alpha value is -4.39. The first-order chi connectivity index (χ1) is 18.9. The molecule has 0 aliphatic carbocycles. The molecule has 3 aromatic carbocycles. The van der Waals surface area contributed by atoms with E-state index in [1.807, 2.05) is 78.6 Å². The molecule has 0 radical (unpaired) electrons. The molecule has 1 aliphatic rings. The second-order valence-corrected chi connectivity index (χ2v) is 9.99. The highest BCUT2D eigenvalue weighted by Gasteiger charge is 2.28. The first kappa shape index (κ1) is 26.2. The van der Waals surface area contributed by atoms with Crippen molar-refractivity contribution in [2.24, 2.45) is 0 Å². The van der Waals surface area contributed by atoms with E-state index in [2.05, 4.69) is 5.32 Å². The zero-order valence-electron chi connectivity index (χ0n) is 22.2. The lowest BCUT2D eigenvalue weighted by Gasteiger charge is -2.33. The number of pyridine rings is 1. The third-order valence-corrected chi connectivity index (χ3v) is 7.38. The average molecular weight is 526 g/mol. The van der Waals surface area contributed by atoms with Crippen molar-refractivity contribution in [3.8, 4) is 0 Å². The summed E-state index contributed by atoms with van der Waals surface area (Å²) in [5, 5.41) is 3.36. The quantitative estimate of drug-likeness (QED) is 0.322. The lowest BCUT2D eigenvalue weighted by molar-refractivity contribution is 0.0691. The molecule has 0 unspecified atom stereocenters. The minimum atomic E-state index is -0.325. The number of para-hydroxylation sites is 1. The third kappa shape index (κ3) is 5.87. The van der Waals surface area contributed by atoms with Crippen LogP contribution in [0, 0.1) is 19.7 Å². The molecule has 0 saturated carbocycles. The number of piperidine rings is 1. The second-order valence-electron chi connectivity index (χ2n) is 9.99. The van der Waals surface area contributed by atoms with Gasteiger partial charge in [-0.1, -0.05) is 60.7 Å². The van der Waals surface area contributed by atoms with Gasteiger partial charge in [-0.15, -0.1) is 0 Å². The molecular weight excluding hydrogens is 493 g/mol. The Balaban J connectivity index is 1.44. The summed E-state index contributed by atoms with van der Waals surface area (Å²) >= 11 is 0. The van der Waals surface area contributed by atoms with Crippen LogP contribution in [-0.4, -0.2) is 28.6 Å². The molecule has 1 fully saturated rings. The molecule has 6 nitrogen and oxygen atoms in total. The number of benzene rings is 3. The van der Waals surface area contributed by atoms with Gasteiger partial charge in [0, 0.05) is 24.3 Å². The SMILES string of the molecule is Cc1ccccc1Nc1c(C(=O)N2CCC(c3ccc(F)cc3)CC2)cn(OCc2ccccc2)c(=O)c1C. The fraction of sp³-hybridized carbons (Fsp3) is 0.250. The van der Waals surface area contributed by atoms with Crippen LogP contribution in [0.25, 0.3) is 0 Å². The first-order valence-electron chi connectivity index (χ1n) is 13.2. The highest BCUT2D eigenvalue weighted by Crippen LogP contribution is 2.31. The van der Waals surface area contributed by atoms with Crippen LogP contribution in [0.3, 0.4) is 0 Å². The molecule has 1 amide bonds. The minimum absolute atomic E-state index is 0.163. The van der Waals surface area contributed by atoms with Crippen LogP contribution in [0.15, 0.2) is 89.9 Å². The van der Waals surface area contributed by atoms with Crippen LogP contribution in [0.5, 0.6) is 0 Å². The Morgan fingerprint density at radius 3 is 2.31 bits per heavy atom. The van der Waals surface area contributed by atoms with E-state index in [1.165, 1.54) is 23.1 Å². The van der Waals surface area contributed by atoms with Crippen LogP contribution >= 0.6 is 0 Å². The molecule has 1 aliphatic heterocycles. The Bertz CT molecular complexity index is 1510. The maximum atomic E-state index is 13.9. The van der Waals surface area contributed by atoms with Crippen molar-refractivity contribution >= 4 is 17.3 Å². The van der Waals surface area contributed by atoms with Gasteiger partial charge in [0.05, 0.1) is 17.4 Å². The maximum absolute atomic E-state index is 13.9. The summed E-state index contributed by atoms with van der Waals surface area (Å²) in [5.74, 6) is -0.145. The van der Waals surface area contributed by atoms with Crippen molar-refractivity contribution in [1.82, 2.24) is 9.63 Å². The molecule has 39 heavy (non-hydrogen) atoms. The number of aromatic nitrogens is 1. The van der Waals surface area contributed by atoms with Crippen molar-refractivity contribution in [1.29, 1.82) is 0 Å². The number of nitrogens with one attached hydrogen (secondary N) is 1. The number of hydrogen-bond donors (Lipinski definition) is 1. The normalized spacial score (nSPS) is 13.8. The molecule has 1 aromatic heterocycles. The average Bonchev–Trinajstić information content (AvgIpc) is 2.97. The number of carbonyl (C=O) groups excluding carboxylic acids is 1. The highest BCUT2D eigenvalue weighted by molar-refractivity contribution is 6.01. The van der Waals surface area contributed by atoms with Crippen molar-refractivity contribution in [3.63, 3.8) is 0 Å². The summed E-state index contributed by atoms with van der Waals surface area (Å²) < 4.78 is 14.6. The molecule has 5 rings (SSSR count). The van der Waals surface area contributed by atoms with Gasteiger partial charge in [-0.25, -0.2) is 4.39 Å². The molecule has 4 aromatic rings. The van der Waals surface area contributed by atoms with Crippen LogP contribution in [0.4, 0.5) is 15.8 Å². The summed E-state index contributed by atoms with van der Waals surface area (Å²) in [5.41, 5.74) is 4.77. The molecule has 7 heteroatoms. The fourth-order valence-electron chi connectivity index (χ4n) is 5.02. The monoisotopic (exact) mass is 525 g/mol. The van der Waals surface area contributed by atoms with Crippen molar-refractivity contribution in [2.45, 2.75) is 39.2 Å². The predicted octanol–water partition coefficient (Wildman–Crippen LogP) is 6.00. The Kier molecular flexibility index (Phi) is 7.77. The first-order valence-corrected chi connectivity index (χ1v) is 13.2. The van der Waals surface area contributed by atoms with E-state index in [0.29, 0.717) is 29.9 Å². The van der Waals surface area contributed by atoms with Crippen LogP contribution < -0.4 is 15.7 Å². The van der Waals surface area contributed by atoms with Gasteiger partial charge in [0.15, 0.2) is 0 Å². The van der Waals surface area contributed by atoms with Gasteiger partial charge in [0.2, 0.25) is 0 Å². The predicted molar refractivity (Wildman–Crippen MR) is 151 cm³/mol. The maximum Gasteiger partial charge on any atom is 0.288 e. The summed E-state index contributed by atoms with van der Waals surface area (Å²) in [7, 11) is 0. The van der Waals surface area contributed by atoms with E-state index in [-0.39, 0.29) is 29.8 Å². The summed E-state index contributed by atoms with van der Waals surface area (Å²) in [6.45, 7) is 5.01. The molecular formula is C32H32FN3O3.